The predicted octanol–water partition coefficient (Wildman–Crippen LogP) is 2.24. The summed E-state index contributed by atoms with van der Waals surface area (Å²) in [5, 5.41) is 11.4. The van der Waals surface area contributed by atoms with E-state index in [-0.39, 0.29) is 28.5 Å². The van der Waals surface area contributed by atoms with Gasteiger partial charge in [-0.3, -0.25) is 9.59 Å². The molecule has 1 aliphatic rings. The van der Waals surface area contributed by atoms with Gasteiger partial charge in [0.05, 0.1) is 22.6 Å². The van der Waals surface area contributed by atoms with E-state index < -0.39 is 17.9 Å². The van der Waals surface area contributed by atoms with Crippen LogP contribution in [0, 0.1) is 5.82 Å². The van der Waals surface area contributed by atoms with Crippen LogP contribution in [0.2, 0.25) is 5.02 Å². The molecule has 2 atom stereocenters. The van der Waals surface area contributed by atoms with Gasteiger partial charge in [0.2, 0.25) is 5.91 Å². The second-order valence-electron chi connectivity index (χ2n) is 4.81. The molecule has 1 heterocycles. The second kappa shape index (κ2) is 7.80. The highest BCUT2D eigenvalue weighted by molar-refractivity contribution is 8.00. The average Bonchev–Trinajstić information content (AvgIpc) is 2.89. The molecule has 1 amide bonds. The number of nitrogens with one attached hydrogen (secondary N) is 1. The van der Waals surface area contributed by atoms with Crippen molar-refractivity contribution in [2.45, 2.75) is 18.6 Å². The molecule has 22 heavy (non-hydrogen) atoms. The number of hydrogen-bond donors (Lipinski definition) is 2. The maximum atomic E-state index is 13.5. The summed E-state index contributed by atoms with van der Waals surface area (Å²) in [5.74, 6) is -1.82. The van der Waals surface area contributed by atoms with E-state index in [0.717, 1.165) is 11.8 Å². The van der Waals surface area contributed by atoms with Gasteiger partial charge in [0.1, 0.15) is 11.9 Å². The van der Waals surface area contributed by atoms with Crippen molar-refractivity contribution in [1.29, 1.82) is 0 Å². The predicted molar refractivity (Wildman–Crippen MR) is 81.6 cm³/mol. The molecule has 1 aromatic carbocycles. The molecule has 0 aromatic heterocycles. The van der Waals surface area contributed by atoms with Crippen molar-refractivity contribution in [2.24, 2.45) is 0 Å². The first-order valence-corrected chi connectivity index (χ1v) is 8.16. The SMILES string of the molecule is O=C(O)CSCC(=O)NC1CCOC1c1ccc(Cl)c(F)c1. The Balaban J connectivity index is 1.94. The molecular weight excluding hydrogens is 333 g/mol. The van der Waals surface area contributed by atoms with E-state index in [1.54, 1.807) is 6.07 Å². The van der Waals surface area contributed by atoms with Crippen LogP contribution in [0.15, 0.2) is 18.2 Å². The van der Waals surface area contributed by atoms with Gasteiger partial charge in [0.15, 0.2) is 0 Å². The van der Waals surface area contributed by atoms with Gasteiger partial charge in [0.25, 0.3) is 0 Å². The molecule has 1 aliphatic heterocycles. The van der Waals surface area contributed by atoms with Gasteiger partial charge in [-0.25, -0.2) is 4.39 Å². The van der Waals surface area contributed by atoms with Crippen LogP contribution in [0.3, 0.4) is 0 Å². The first kappa shape index (κ1) is 17.1. The third kappa shape index (κ3) is 4.59. The van der Waals surface area contributed by atoms with Crippen molar-refractivity contribution < 1.29 is 23.8 Å². The van der Waals surface area contributed by atoms with E-state index in [4.69, 9.17) is 21.4 Å². The minimum atomic E-state index is -0.962. The van der Waals surface area contributed by atoms with Crippen LogP contribution in [-0.4, -0.2) is 41.1 Å². The number of carbonyl (C=O) groups excluding carboxylic acids is 1. The van der Waals surface area contributed by atoms with Crippen LogP contribution >= 0.6 is 23.4 Å². The molecule has 0 radical (unpaired) electrons. The Bertz CT molecular complexity index is 572. The molecule has 5 nitrogen and oxygen atoms in total. The van der Waals surface area contributed by atoms with Crippen molar-refractivity contribution in [3.8, 4) is 0 Å². The van der Waals surface area contributed by atoms with Gasteiger partial charge in [-0.2, -0.15) is 0 Å². The summed E-state index contributed by atoms with van der Waals surface area (Å²) in [5.41, 5.74) is 0.614. The highest BCUT2D eigenvalue weighted by Gasteiger charge is 2.31. The quantitative estimate of drug-likeness (QED) is 0.825. The zero-order chi connectivity index (χ0) is 16.1. The van der Waals surface area contributed by atoms with E-state index in [2.05, 4.69) is 5.32 Å². The smallest absolute Gasteiger partial charge is 0.313 e. The Morgan fingerprint density at radius 1 is 1.45 bits per heavy atom. The van der Waals surface area contributed by atoms with E-state index in [9.17, 15) is 14.0 Å². The van der Waals surface area contributed by atoms with Gasteiger partial charge >= 0.3 is 5.97 Å². The number of carbonyl (C=O) groups is 2. The largest absolute Gasteiger partial charge is 0.481 e. The third-order valence-corrected chi connectivity index (χ3v) is 4.39. The highest BCUT2D eigenvalue weighted by atomic mass is 35.5. The number of hydrogen-bond acceptors (Lipinski definition) is 4. The maximum absolute atomic E-state index is 13.5. The zero-order valence-corrected chi connectivity index (χ0v) is 13.1. The third-order valence-electron chi connectivity index (χ3n) is 3.17. The number of carboxylic acids is 1. The van der Waals surface area contributed by atoms with Crippen molar-refractivity contribution in [3.05, 3.63) is 34.6 Å². The normalized spacial score (nSPS) is 20.8. The Hall–Kier alpha value is -1.31. The molecule has 2 unspecified atom stereocenters. The molecule has 1 saturated heterocycles. The fraction of sp³-hybridized carbons (Fsp3) is 0.429. The summed E-state index contributed by atoms with van der Waals surface area (Å²) in [6.45, 7) is 0.460. The fourth-order valence-corrected chi connectivity index (χ4v) is 2.90. The molecule has 1 fully saturated rings. The summed E-state index contributed by atoms with van der Waals surface area (Å²) in [6, 6.07) is 4.16. The topological polar surface area (TPSA) is 75.6 Å². The Morgan fingerprint density at radius 2 is 2.23 bits per heavy atom. The lowest BCUT2D eigenvalue weighted by molar-refractivity contribution is -0.133. The average molecular weight is 348 g/mol. The number of rotatable bonds is 6. The van der Waals surface area contributed by atoms with Gasteiger partial charge in [0, 0.05) is 6.61 Å². The van der Waals surface area contributed by atoms with Crippen LogP contribution in [0.4, 0.5) is 4.39 Å². The van der Waals surface area contributed by atoms with Gasteiger partial charge < -0.3 is 15.2 Å². The standard InChI is InChI=1S/C14H15ClFNO4S/c15-9-2-1-8(5-10(9)16)14-11(3-4-21-14)17-12(18)6-22-7-13(19)20/h1-2,5,11,14H,3-4,6-7H2,(H,17,18)(H,19,20). The Kier molecular flexibility index (Phi) is 6.05. The van der Waals surface area contributed by atoms with Crippen LogP contribution in [0.1, 0.15) is 18.1 Å². The fourth-order valence-electron chi connectivity index (χ4n) is 2.23. The minimum Gasteiger partial charge on any atom is -0.481 e. The maximum Gasteiger partial charge on any atom is 0.313 e. The number of benzene rings is 1. The molecule has 2 N–H and O–H groups in total. The molecule has 0 aliphatic carbocycles. The van der Waals surface area contributed by atoms with Crippen LogP contribution in [-0.2, 0) is 14.3 Å². The summed E-state index contributed by atoms with van der Waals surface area (Å²) >= 11 is 6.68. The van der Waals surface area contributed by atoms with Crippen LogP contribution < -0.4 is 5.32 Å². The summed E-state index contributed by atoms with van der Waals surface area (Å²) in [7, 11) is 0. The molecule has 120 valence electrons. The zero-order valence-electron chi connectivity index (χ0n) is 11.6. The lowest BCUT2D eigenvalue weighted by atomic mass is 10.0. The van der Waals surface area contributed by atoms with E-state index in [0.29, 0.717) is 18.6 Å². The lowest BCUT2D eigenvalue weighted by Gasteiger charge is -2.20. The first-order valence-electron chi connectivity index (χ1n) is 6.63. The van der Waals surface area contributed by atoms with Gasteiger partial charge in [-0.05, 0) is 24.1 Å². The van der Waals surface area contributed by atoms with E-state index >= 15 is 0 Å². The van der Waals surface area contributed by atoms with E-state index in [1.165, 1.54) is 12.1 Å². The first-order chi connectivity index (χ1) is 10.5. The molecular formula is C14H15ClFNO4S. The van der Waals surface area contributed by atoms with Gasteiger partial charge in [-0.15, -0.1) is 11.8 Å². The number of ether oxygens (including phenoxy) is 1. The number of carboxylic acid groups (broad SMARTS) is 1. The highest BCUT2D eigenvalue weighted by Crippen LogP contribution is 2.31. The van der Waals surface area contributed by atoms with Crippen molar-refractivity contribution >= 4 is 35.2 Å². The Morgan fingerprint density at radius 3 is 2.91 bits per heavy atom. The number of thioether (sulfide) groups is 1. The number of halogens is 2. The van der Waals surface area contributed by atoms with Gasteiger partial charge in [-0.1, -0.05) is 17.7 Å². The molecule has 2 rings (SSSR count). The summed E-state index contributed by atoms with van der Waals surface area (Å²) < 4.78 is 19.1. The van der Waals surface area contributed by atoms with Crippen LogP contribution in [0.5, 0.6) is 0 Å². The minimum absolute atomic E-state index is 0.0346. The monoisotopic (exact) mass is 347 g/mol. The van der Waals surface area contributed by atoms with E-state index in [1.807, 2.05) is 0 Å². The molecule has 1 aromatic rings. The molecule has 0 bridgehead atoms. The molecule has 8 heteroatoms. The summed E-state index contributed by atoms with van der Waals surface area (Å²) in [6.07, 6.45) is 0.185. The lowest BCUT2D eigenvalue weighted by Crippen LogP contribution is -2.38. The van der Waals surface area contributed by atoms with Crippen LogP contribution in [0.25, 0.3) is 0 Å². The van der Waals surface area contributed by atoms with Crippen molar-refractivity contribution in [1.82, 2.24) is 5.32 Å². The second-order valence-corrected chi connectivity index (χ2v) is 6.21. The van der Waals surface area contributed by atoms with Crippen molar-refractivity contribution in [2.75, 3.05) is 18.1 Å². The molecule has 0 saturated carbocycles. The Labute approximate surface area is 136 Å². The number of aliphatic carboxylic acids is 1. The van der Waals surface area contributed by atoms with Crippen molar-refractivity contribution in [3.63, 3.8) is 0 Å². The number of amides is 1. The molecule has 0 spiro atoms. The summed E-state index contributed by atoms with van der Waals surface area (Å²) in [4.78, 5) is 22.2.